The van der Waals surface area contributed by atoms with Gasteiger partial charge in [-0.1, -0.05) is 54.6 Å². The van der Waals surface area contributed by atoms with Gasteiger partial charge < -0.3 is 0 Å². The normalized spacial score (nSPS) is 13.6. The predicted octanol–water partition coefficient (Wildman–Crippen LogP) is 3.60. The molecule has 0 saturated carbocycles. The largest absolute Gasteiger partial charge is 0.255 e. The molecule has 2 nitrogen and oxygen atoms in total. The zero-order valence-corrected chi connectivity index (χ0v) is 10.4. The minimum Gasteiger partial charge on any atom is -0.255 e. The lowest BCUT2D eigenvalue weighted by molar-refractivity contribution is 1.24. The SMILES string of the molecule is N#CC1=C(N=Cc2ccccc2)c2ccccc2C1. The smallest absolute Gasteiger partial charge is 0.0973 e. The molecule has 0 bridgehead atoms. The molecule has 0 unspecified atom stereocenters. The van der Waals surface area contributed by atoms with Gasteiger partial charge in [-0.2, -0.15) is 5.26 Å². The van der Waals surface area contributed by atoms with Gasteiger partial charge in [-0.25, -0.2) is 0 Å². The van der Waals surface area contributed by atoms with E-state index in [0.29, 0.717) is 6.42 Å². The Morgan fingerprint density at radius 3 is 2.53 bits per heavy atom. The molecule has 1 aliphatic rings. The van der Waals surface area contributed by atoms with Crippen molar-refractivity contribution in [3.8, 4) is 6.07 Å². The lowest BCUT2D eigenvalue weighted by atomic mass is 10.1. The van der Waals surface area contributed by atoms with Gasteiger partial charge in [0.05, 0.1) is 17.3 Å². The molecule has 3 rings (SSSR count). The first kappa shape index (κ1) is 11.4. The number of rotatable bonds is 2. The molecule has 2 heteroatoms. The number of allylic oxidation sites excluding steroid dienone is 1. The minimum absolute atomic E-state index is 0.689. The van der Waals surface area contributed by atoms with Gasteiger partial charge in [0.2, 0.25) is 0 Å². The zero-order valence-electron chi connectivity index (χ0n) is 10.4. The van der Waals surface area contributed by atoms with Crippen LogP contribution in [0.2, 0.25) is 0 Å². The van der Waals surface area contributed by atoms with E-state index in [0.717, 1.165) is 22.4 Å². The molecule has 19 heavy (non-hydrogen) atoms. The third-order valence-corrected chi connectivity index (χ3v) is 3.20. The van der Waals surface area contributed by atoms with Crippen molar-refractivity contribution in [3.05, 3.63) is 76.9 Å². The van der Waals surface area contributed by atoms with Crippen LogP contribution in [0.1, 0.15) is 16.7 Å². The Morgan fingerprint density at radius 2 is 1.74 bits per heavy atom. The Balaban J connectivity index is 1.99. The summed E-state index contributed by atoms with van der Waals surface area (Å²) in [6.45, 7) is 0. The first-order valence-electron chi connectivity index (χ1n) is 6.19. The molecule has 90 valence electrons. The molecule has 2 aromatic carbocycles. The van der Waals surface area contributed by atoms with E-state index in [1.165, 1.54) is 5.56 Å². The van der Waals surface area contributed by atoms with Crippen LogP contribution < -0.4 is 0 Å². The Kier molecular flexibility index (Phi) is 2.96. The van der Waals surface area contributed by atoms with Crippen LogP contribution in [-0.2, 0) is 6.42 Å². The minimum atomic E-state index is 0.689. The van der Waals surface area contributed by atoms with Crippen LogP contribution in [0.4, 0.5) is 0 Å². The Bertz CT molecular complexity index is 704. The standard InChI is InChI=1S/C17H12N2/c18-11-15-10-14-8-4-5-9-16(14)17(15)19-12-13-6-2-1-3-7-13/h1-9,12H,10H2. The summed E-state index contributed by atoms with van der Waals surface area (Å²) in [5, 5.41) is 9.22. The summed E-state index contributed by atoms with van der Waals surface area (Å²) in [5.41, 5.74) is 4.84. The number of hydrogen-bond acceptors (Lipinski definition) is 2. The molecule has 0 aliphatic heterocycles. The Morgan fingerprint density at radius 1 is 1.00 bits per heavy atom. The molecule has 0 amide bonds. The number of aliphatic imine (C=N–C) groups is 1. The van der Waals surface area contributed by atoms with Gasteiger partial charge in [0.15, 0.2) is 0 Å². The highest BCUT2D eigenvalue weighted by Crippen LogP contribution is 2.33. The molecule has 0 spiro atoms. The number of hydrogen-bond donors (Lipinski definition) is 0. The summed E-state index contributed by atoms with van der Waals surface area (Å²) in [6, 6.07) is 20.2. The molecule has 1 aliphatic carbocycles. The average Bonchev–Trinajstić information content (AvgIpc) is 2.84. The van der Waals surface area contributed by atoms with Gasteiger partial charge in [0, 0.05) is 18.2 Å². The van der Waals surface area contributed by atoms with Crippen LogP contribution in [0.25, 0.3) is 5.70 Å². The quantitative estimate of drug-likeness (QED) is 0.743. The number of fused-ring (bicyclic) bond motifs is 1. The molecule has 0 aromatic heterocycles. The van der Waals surface area contributed by atoms with Crippen LogP contribution >= 0.6 is 0 Å². The third kappa shape index (κ3) is 2.19. The number of benzene rings is 2. The molecule has 2 aromatic rings. The summed E-state index contributed by atoms with van der Waals surface area (Å²) in [5.74, 6) is 0. The van der Waals surface area contributed by atoms with E-state index in [2.05, 4.69) is 17.1 Å². The Labute approximate surface area is 112 Å². The molecular weight excluding hydrogens is 232 g/mol. The average molecular weight is 244 g/mol. The van der Waals surface area contributed by atoms with Gasteiger partial charge in [0.25, 0.3) is 0 Å². The summed E-state index contributed by atoms with van der Waals surface area (Å²) in [7, 11) is 0. The fraction of sp³-hybridized carbons (Fsp3) is 0.0588. The van der Waals surface area contributed by atoms with E-state index < -0.39 is 0 Å². The van der Waals surface area contributed by atoms with Crippen LogP contribution in [0.5, 0.6) is 0 Å². The van der Waals surface area contributed by atoms with Crippen molar-refractivity contribution in [3.63, 3.8) is 0 Å². The van der Waals surface area contributed by atoms with Gasteiger partial charge >= 0.3 is 0 Å². The van der Waals surface area contributed by atoms with Crippen molar-refractivity contribution in [2.75, 3.05) is 0 Å². The number of nitriles is 1. The maximum Gasteiger partial charge on any atom is 0.0973 e. The van der Waals surface area contributed by atoms with Gasteiger partial charge in [-0.15, -0.1) is 0 Å². The number of nitrogens with zero attached hydrogens (tertiary/aromatic N) is 2. The molecular formula is C17H12N2. The molecule has 0 fully saturated rings. The molecule has 0 heterocycles. The van der Waals surface area contributed by atoms with Crippen molar-refractivity contribution in [1.29, 1.82) is 5.26 Å². The van der Waals surface area contributed by atoms with Crippen molar-refractivity contribution in [2.24, 2.45) is 4.99 Å². The summed E-state index contributed by atoms with van der Waals surface area (Å²) in [6.07, 6.45) is 2.50. The third-order valence-electron chi connectivity index (χ3n) is 3.20. The van der Waals surface area contributed by atoms with E-state index in [9.17, 15) is 5.26 Å². The second kappa shape index (κ2) is 4.91. The van der Waals surface area contributed by atoms with Gasteiger partial charge in [-0.3, -0.25) is 4.99 Å². The van der Waals surface area contributed by atoms with E-state index in [-0.39, 0.29) is 0 Å². The predicted molar refractivity (Wildman–Crippen MR) is 76.7 cm³/mol. The first-order valence-corrected chi connectivity index (χ1v) is 6.19. The van der Waals surface area contributed by atoms with E-state index in [4.69, 9.17) is 0 Å². The van der Waals surface area contributed by atoms with E-state index in [1.54, 1.807) is 0 Å². The van der Waals surface area contributed by atoms with Crippen molar-refractivity contribution < 1.29 is 0 Å². The topological polar surface area (TPSA) is 36.1 Å². The fourth-order valence-electron chi connectivity index (χ4n) is 2.26. The second-order valence-corrected chi connectivity index (χ2v) is 4.44. The maximum absolute atomic E-state index is 9.22. The van der Waals surface area contributed by atoms with E-state index in [1.807, 2.05) is 54.7 Å². The highest BCUT2D eigenvalue weighted by molar-refractivity contribution is 5.88. The van der Waals surface area contributed by atoms with Gasteiger partial charge in [-0.05, 0) is 11.1 Å². The lowest BCUT2D eigenvalue weighted by Crippen LogP contribution is -1.84. The summed E-state index contributed by atoms with van der Waals surface area (Å²) >= 11 is 0. The zero-order chi connectivity index (χ0) is 13.1. The molecule has 0 atom stereocenters. The van der Waals surface area contributed by atoms with Crippen molar-refractivity contribution in [1.82, 2.24) is 0 Å². The summed E-state index contributed by atoms with van der Waals surface area (Å²) in [4.78, 5) is 4.52. The van der Waals surface area contributed by atoms with Crippen LogP contribution in [0, 0.1) is 11.3 Å². The van der Waals surface area contributed by atoms with Crippen molar-refractivity contribution >= 4 is 11.9 Å². The van der Waals surface area contributed by atoms with Crippen LogP contribution in [0.3, 0.4) is 0 Å². The monoisotopic (exact) mass is 244 g/mol. The van der Waals surface area contributed by atoms with E-state index >= 15 is 0 Å². The maximum atomic E-state index is 9.22. The molecule has 0 saturated heterocycles. The Hall–Kier alpha value is -2.66. The highest BCUT2D eigenvalue weighted by Gasteiger charge is 2.20. The van der Waals surface area contributed by atoms with Crippen molar-refractivity contribution in [2.45, 2.75) is 6.42 Å². The molecule has 0 radical (unpaired) electrons. The van der Waals surface area contributed by atoms with Crippen LogP contribution in [0.15, 0.2) is 65.2 Å². The van der Waals surface area contributed by atoms with Gasteiger partial charge in [0.1, 0.15) is 0 Å². The summed E-state index contributed by atoms with van der Waals surface area (Å²) < 4.78 is 0. The highest BCUT2D eigenvalue weighted by atomic mass is 14.7. The first-order chi connectivity index (χ1) is 9.38. The van der Waals surface area contributed by atoms with Crippen LogP contribution in [-0.4, -0.2) is 6.21 Å². The molecule has 0 N–H and O–H groups in total. The fourth-order valence-corrected chi connectivity index (χ4v) is 2.26. The second-order valence-electron chi connectivity index (χ2n) is 4.44. The lowest BCUT2D eigenvalue weighted by Gasteiger charge is -1.99.